The van der Waals surface area contributed by atoms with Gasteiger partial charge in [0.05, 0.1) is 12.7 Å². The predicted octanol–water partition coefficient (Wildman–Crippen LogP) is 3.52. The first-order chi connectivity index (χ1) is 12.1. The normalized spacial score (nSPS) is 20.3. The fourth-order valence-electron chi connectivity index (χ4n) is 3.48. The molecule has 1 rings (SSSR count). The summed E-state index contributed by atoms with van der Waals surface area (Å²) in [6.07, 6.45) is 8.76. The summed E-state index contributed by atoms with van der Waals surface area (Å²) in [5, 5.41) is 2.90. The second-order valence-corrected chi connectivity index (χ2v) is 7.26. The molecule has 0 aromatic rings. The van der Waals surface area contributed by atoms with Crippen molar-refractivity contribution in [1.82, 2.24) is 10.2 Å². The summed E-state index contributed by atoms with van der Waals surface area (Å²) in [4.78, 5) is 25.9. The van der Waals surface area contributed by atoms with E-state index in [-0.39, 0.29) is 11.8 Å². The quantitative estimate of drug-likeness (QED) is 0.546. The Bertz CT molecular complexity index is 381. The van der Waals surface area contributed by atoms with Crippen molar-refractivity contribution in [3.8, 4) is 0 Å². The lowest BCUT2D eigenvalue weighted by atomic mass is 9.88. The minimum atomic E-state index is 0.0191. The minimum absolute atomic E-state index is 0.0191. The second kappa shape index (κ2) is 13.2. The highest BCUT2D eigenvalue weighted by Gasteiger charge is 2.21. The Hall–Kier alpha value is -1.10. The van der Waals surface area contributed by atoms with Crippen molar-refractivity contribution in [1.29, 1.82) is 0 Å². The van der Waals surface area contributed by atoms with Gasteiger partial charge in [-0.3, -0.25) is 9.59 Å². The molecule has 5 nitrogen and oxygen atoms in total. The smallest absolute Gasteiger partial charge is 0.222 e. The number of nitrogens with one attached hydrogen (secondary N) is 1. The van der Waals surface area contributed by atoms with Crippen LogP contribution in [0.2, 0.25) is 0 Å². The Morgan fingerprint density at radius 1 is 1.08 bits per heavy atom. The molecule has 0 spiro atoms. The average Bonchev–Trinajstić information content (AvgIpc) is 2.60. The molecule has 0 saturated heterocycles. The largest absolute Gasteiger partial charge is 0.376 e. The molecule has 0 radical (unpaired) electrons. The van der Waals surface area contributed by atoms with Crippen LogP contribution in [0.5, 0.6) is 0 Å². The molecule has 0 aromatic heterocycles. The van der Waals surface area contributed by atoms with Gasteiger partial charge in [0.15, 0.2) is 0 Å². The Balaban J connectivity index is 2.09. The number of carbonyl (C=O) groups is 2. The van der Waals surface area contributed by atoms with Crippen molar-refractivity contribution in [3.05, 3.63) is 0 Å². The number of nitrogens with zero attached hydrogens (tertiary/aromatic N) is 1. The van der Waals surface area contributed by atoms with E-state index in [1.807, 2.05) is 4.90 Å². The molecule has 0 heterocycles. The molecule has 0 bridgehead atoms. The molecule has 2 atom stereocenters. The van der Waals surface area contributed by atoms with E-state index in [4.69, 9.17) is 4.74 Å². The van der Waals surface area contributed by atoms with E-state index in [0.717, 1.165) is 32.4 Å². The van der Waals surface area contributed by atoms with Crippen LogP contribution in [0, 0.1) is 5.92 Å². The van der Waals surface area contributed by atoms with E-state index in [1.165, 1.54) is 19.3 Å². The van der Waals surface area contributed by atoms with Crippen LogP contribution < -0.4 is 5.32 Å². The third kappa shape index (κ3) is 9.24. The lowest BCUT2D eigenvalue weighted by molar-refractivity contribution is -0.131. The zero-order chi connectivity index (χ0) is 18.5. The van der Waals surface area contributed by atoms with Crippen molar-refractivity contribution < 1.29 is 14.3 Å². The second-order valence-electron chi connectivity index (χ2n) is 7.26. The maximum Gasteiger partial charge on any atom is 0.222 e. The van der Waals surface area contributed by atoms with Crippen molar-refractivity contribution in [2.75, 3.05) is 26.2 Å². The van der Waals surface area contributed by atoms with Gasteiger partial charge in [-0.15, -0.1) is 0 Å². The van der Waals surface area contributed by atoms with E-state index in [1.54, 1.807) is 0 Å². The summed E-state index contributed by atoms with van der Waals surface area (Å²) in [7, 11) is 0. The summed E-state index contributed by atoms with van der Waals surface area (Å²) in [6.45, 7) is 9.19. The first-order valence-electron chi connectivity index (χ1n) is 10.2. The molecule has 0 aromatic carbocycles. The monoisotopic (exact) mass is 354 g/mol. The topological polar surface area (TPSA) is 58.6 Å². The van der Waals surface area contributed by atoms with Gasteiger partial charge in [-0.25, -0.2) is 0 Å². The number of amides is 2. The summed E-state index contributed by atoms with van der Waals surface area (Å²) in [6, 6.07) is 0. The van der Waals surface area contributed by atoms with Crippen LogP contribution in [0.4, 0.5) is 0 Å². The molecule has 25 heavy (non-hydrogen) atoms. The van der Waals surface area contributed by atoms with Crippen molar-refractivity contribution >= 4 is 11.8 Å². The van der Waals surface area contributed by atoms with E-state index < -0.39 is 0 Å². The molecule has 1 fully saturated rings. The molecule has 1 aliphatic carbocycles. The molecular weight excluding hydrogens is 316 g/mol. The van der Waals surface area contributed by atoms with Crippen LogP contribution >= 0.6 is 0 Å². The van der Waals surface area contributed by atoms with Gasteiger partial charge < -0.3 is 15.0 Å². The Morgan fingerprint density at radius 2 is 1.76 bits per heavy atom. The van der Waals surface area contributed by atoms with E-state index >= 15 is 0 Å². The van der Waals surface area contributed by atoms with E-state index in [9.17, 15) is 9.59 Å². The highest BCUT2D eigenvalue weighted by atomic mass is 16.5. The van der Waals surface area contributed by atoms with Gasteiger partial charge in [0.2, 0.25) is 11.8 Å². The summed E-state index contributed by atoms with van der Waals surface area (Å²) in [5.41, 5.74) is 0. The highest BCUT2D eigenvalue weighted by molar-refractivity contribution is 5.78. The fourth-order valence-corrected chi connectivity index (χ4v) is 3.48. The van der Waals surface area contributed by atoms with Gasteiger partial charge in [-0.05, 0) is 38.0 Å². The zero-order valence-corrected chi connectivity index (χ0v) is 16.5. The molecule has 2 amide bonds. The predicted molar refractivity (Wildman–Crippen MR) is 101 cm³/mol. The standard InChI is InChI=1S/C20H38N2O3/c1-4-14-22(15-5-2)20(24)12-8-11-19(23)21-13-16-25-18-10-7-6-9-17(18)3/h17-18H,4-16H2,1-3H3,(H,21,23). The van der Waals surface area contributed by atoms with Crippen LogP contribution in [0.25, 0.3) is 0 Å². The van der Waals surface area contributed by atoms with Gasteiger partial charge in [-0.1, -0.05) is 33.6 Å². The third-order valence-corrected chi connectivity index (χ3v) is 4.92. The lowest BCUT2D eigenvalue weighted by Crippen LogP contribution is -2.33. The number of hydrogen-bond acceptors (Lipinski definition) is 3. The van der Waals surface area contributed by atoms with Gasteiger partial charge in [-0.2, -0.15) is 0 Å². The van der Waals surface area contributed by atoms with Crippen LogP contribution in [-0.2, 0) is 14.3 Å². The SMILES string of the molecule is CCCN(CCC)C(=O)CCCC(=O)NCCOC1CCCCC1C. The van der Waals surface area contributed by atoms with Crippen LogP contribution in [0.3, 0.4) is 0 Å². The first kappa shape index (κ1) is 21.9. The molecule has 1 N–H and O–H groups in total. The molecule has 1 aliphatic rings. The minimum Gasteiger partial charge on any atom is -0.376 e. The maximum atomic E-state index is 12.1. The summed E-state index contributed by atoms with van der Waals surface area (Å²) in [5.74, 6) is 0.821. The van der Waals surface area contributed by atoms with Crippen molar-refractivity contribution in [2.24, 2.45) is 5.92 Å². The average molecular weight is 355 g/mol. The molecule has 2 unspecified atom stereocenters. The van der Waals surface area contributed by atoms with Gasteiger partial charge in [0.25, 0.3) is 0 Å². The van der Waals surface area contributed by atoms with Crippen LogP contribution in [-0.4, -0.2) is 49.1 Å². The van der Waals surface area contributed by atoms with E-state index in [0.29, 0.717) is 44.4 Å². The van der Waals surface area contributed by atoms with E-state index in [2.05, 4.69) is 26.1 Å². The molecule has 1 saturated carbocycles. The summed E-state index contributed by atoms with van der Waals surface area (Å²) < 4.78 is 5.90. The maximum absolute atomic E-state index is 12.1. The number of carbonyl (C=O) groups excluding carboxylic acids is 2. The van der Waals surface area contributed by atoms with Crippen LogP contribution in [0.15, 0.2) is 0 Å². The Kier molecular flexibility index (Phi) is 11.5. The first-order valence-corrected chi connectivity index (χ1v) is 10.2. The zero-order valence-electron chi connectivity index (χ0n) is 16.5. The number of ether oxygens (including phenoxy) is 1. The van der Waals surface area contributed by atoms with Gasteiger partial charge in [0.1, 0.15) is 0 Å². The molecule has 0 aliphatic heterocycles. The van der Waals surface area contributed by atoms with Crippen molar-refractivity contribution in [3.63, 3.8) is 0 Å². The molecule has 146 valence electrons. The lowest BCUT2D eigenvalue weighted by Gasteiger charge is -2.28. The number of hydrogen-bond donors (Lipinski definition) is 1. The fraction of sp³-hybridized carbons (Fsp3) is 0.900. The molecular formula is C20H38N2O3. The summed E-state index contributed by atoms with van der Waals surface area (Å²) >= 11 is 0. The third-order valence-electron chi connectivity index (χ3n) is 4.92. The highest BCUT2D eigenvalue weighted by Crippen LogP contribution is 2.25. The van der Waals surface area contributed by atoms with Crippen molar-refractivity contribution in [2.45, 2.75) is 84.7 Å². The number of rotatable bonds is 12. The van der Waals surface area contributed by atoms with Crippen LogP contribution in [0.1, 0.15) is 78.6 Å². The Labute approximate surface area is 153 Å². The van der Waals surface area contributed by atoms with Gasteiger partial charge in [0, 0.05) is 32.5 Å². The Morgan fingerprint density at radius 3 is 2.40 bits per heavy atom. The molecule has 5 heteroatoms. The van der Waals surface area contributed by atoms with Gasteiger partial charge >= 0.3 is 0 Å².